The van der Waals surface area contributed by atoms with Crippen LogP contribution in [0.3, 0.4) is 0 Å². The Labute approximate surface area is 223 Å². The predicted molar refractivity (Wildman–Crippen MR) is 148 cm³/mol. The number of carbonyl (C=O) groups excluding carboxylic acids is 2. The van der Waals surface area contributed by atoms with E-state index in [0.717, 1.165) is 17.5 Å². The Morgan fingerprint density at radius 1 is 0.947 bits per heavy atom. The van der Waals surface area contributed by atoms with E-state index >= 15 is 0 Å². The van der Waals surface area contributed by atoms with Crippen molar-refractivity contribution < 1.29 is 24.2 Å². The van der Waals surface area contributed by atoms with Crippen LogP contribution >= 0.6 is 0 Å². The predicted octanol–water partition coefficient (Wildman–Crippen LogP) is 6.09. The van der Waals surface area contributed by atoms with Crippen LogP contribution in [0, 0.1) is 0 Å². The molecule has 1 amide bonds. The number of amides is 1. The summed E-state index contributed by atoms with van der Waals surface area (Å²) >= 11 is 0. The van der Waals surface area contributed by atoms with Gasteiger partial charge in [0.05, 0.1) is 24.8 Å². The number of allylic oxidation sites excluding steroid dienone is 1. The number of ketones is 1. The minimum absolute atomic E-state index is 0.0555. The van der Waals surface area contributed by atoms with Crippen LogP contribution in [0.4, 0.5) is 0 Å². The van der Waals surface area contributed by atoms with Crippen LogP contribution < -0.4 is 9.47 Å². The van der Waals surface area contributed by atoms with Crippen molar-refractivity contribution in [1.82, 2.24) is 4.90 Å². The molecule has 6 nitrogen and oxygen atoms in total. The Balaban J connectivity index is 1.72. The first-order chi connectivity index (χ1) is 18.5. The van der Waals surface area contributed by atoms with Crippen LogP contribution in [0.1, 0.15) is 43.0 Å². The van der Waals surface area contributed by atoms with Gasteiger partial charge in [-0.05, 0) is 54.7 Å². The van der Waals surface area contributed by atoms with E-state index < -0.39 is 23.5 Å². The SMILES string of the molecule is CCCOc1ccc(C2C(C(=O)C=Cc3ccccc3)=C(O)C(=O)N2CCc2ccccc2)cc1OCC. The first-order valence-corrected chi connectivity index (χ1v) is 13.0. The minimum Gasteiger partial charge on any atom is -0.503 e. The molecule has 3 aromatic carbocycles. The number of benzene rings is 3. The van der Waals surface area contributed by atoms with Crippen molar-refractivity contribution in [3.63, 3.8) is 0 Å². The fourth-order valence-electron chi connectivity index (χ4n) is 4.50. The molecule has 0 radical (unpaired) electrons. The van der Waals surface area contributed by atoms with Gasteiger partial charge in [0.15, 0.2) is 23.0 Å². The van der Waals surface area contributed by atoms with Gasteiger partial charge in [-0.2, -0.15) is 0 Å². The topological polar surface area (TPSA) is 76.1 Å². The first-order valence-electron chi connectivity index (χ1n) is 13.0. The van der Waals surface area contributed by atoms with E-state index in [0.29, 0.717) is 43.2 Å². The summed E-state index contributed by atoms with van der Waals surface area (Å²) in [6.45, 7) is 5.21. The van der Waals surface area contributed by atoms with Gasteiger partial charge in [-0.15, -0.1) is 0 Å². The molecule has 0 saturated heterocycles. The van der Waals surface area contributed by atoms with Crippen molar-refractivity contribution in [3.05, 3.63) is 113 Å². The molecular formula is C32H33NO5. The first kappa shape index (κ1) is 26.7. The molecule has 1 unspecified atom stereocenters. The summed E-state index contributed by atoms with van der Waals surface area (Å²) in [6.07, 6.45) is 4.52. The van der Waals surface area contributed by atoms with Crippen LogP contribution in [-0.4, -0.2) is 41.5 Å². The lowest BCUT2D eigenvalue weighted by molar-refractivity contribution is -0.129. The van der Waals surface area contributed by atoms with Crippen LogP contribution in [0.2, 0.25) is 0 Å². The van der Waals surface area contributed by atoms with Gasteiger partial charge in [0.2, 0.25) is 0 Å². The van der Waals surface area contributed by atoms with Gasteiger partial charge < -0.3 is 19.5 Å². The minimum atomic E-state index is -0.765. The number of rotatable bonds is 12. The standard InChI is InChI=1S/C32H33NO5/c1-3-21-38-27-18-16-25(22-28(27)37-4-2)30-29(26(34)17-15-23-11-7-5-8-12-23)31(35)32(36)33(30)20-19-24-13-9-6-10-14-24/h5-18,22,30,35H,3-4,19-21H2,1-2H3. The molecule has 0 bridgehead atoms. The van der Waals surface area contributed by atoms with E-state index in [9.17, 15) is 14.7 Å². The molecule has 38 heavy (non-hydrogen) atoms. The summed E-state index contributed by atoms with van der Waals surface area (Å²) in [5.41, 5.74) is 2.62. The van der Waals surface area contributed by atoms with Gasteiger partial charge in [-0.1, -0.05) is 79.7 Å². The van der Waals surface area contributed by atoms with Gasteiger partial charge in [0, 0.05) is 6.54 Å². The van der Waals surface area contributed by atoms with E-state index in [2.05, 4.69) is 0 Å². The Morgan fingerprint density at radius 2 is 1.66 bits per heavy atom. The lowest BCUT2D eigenvalue weighted by atomic mass is 9.95. The van der Waals surface area contributed by atoms with Gasteiger partial charge in [0.1, 0.15) is 0 Å². The van der Waals surface area contributed by atoms with Crippen LogP contribution in [0.15, 0.2) is 96.3 Å². The third-order valence-corrected chi connectivity index (χ3v) is 6.33. The summed E-state index contributed by atoms with van der Waals surface area (Å²) in [6, 6.07) is 23.9. The molecule has 196 valence electrons. The highest BCUT2D eigenvalue weighted by molar-refractivity contribution is 6.14. The fourth-order valence-corrected chi connectivity index (χ4v) is 4.50. The maximum absolute atomic E-state index is 13.5. The average molecular weight is 512 g/mol. The number of hydrogen-bond donors (Lipinski definition) is 1. The van der Waals surface area contributed by atoms with Crippen LogP contribution in [0.5, 0.6) is 11.5 Å². The summed E-state index contributed by atoms with van der Waals surface area (Å²) < 4.78 is 11.7. The highest BCUT2D eigenvalue weighted by atomic mass is 16.5. The number of nitrogens with zero attached hydrogens (tertiary/aromatic N) is 1. The molecule has 4 rings (SSSR count). The Kier molecular flexibility index (Phi) is 8.98. The summed E-state index contributed by atoms with van der Waals surface area (Å²) in [5.74, 6) is -0.368. The van der Waals surface area contributed by atoms with E-state index in [1.54, 1.807) is 23.1 Å². The van der Waals surface area contributed by atoms with Crippen molar-refractivity contribution in [3.8, 4) is 11.5 Å². The molecule has 1 aliphatic rings. The molecular weight excluding hydrogens is 478 g/mol. The summed E-state index contributed by atoms with van der Waals surface area (Å²) in [7, 11) is 0. The molecule has 6 heteroatoms. The summed E-state index contributed by atoms with van der Waals surface area (Å²) in [4.78, 5) is 28.3. The average Bonchev–Trinajstić information content (AvgIpc) is 3.20. The third kappa shape index (κ3) is 6.14. The van der Waals surface area contributed by atoms with Crippen molar-refractivity contribution in [2.24, 2.45) is 0 Å². The smallest absolute Gasteiger partial charge is 0.290 e. The number of aliphatic hydroxyl groups is 1. The molecule has 0 spiro atoms. The van der Waals surface area contributed by atoms with Crippen molar-refractivity contribution in [2.75, 3.05) is 19.8 Å². The highest BCUT2D eigenvalue weighted by Gasteiger charge is 2.43. The monoisotopic (exact) mass is 511 g/mol. The van der Waals surface area contributed by atoms with Crippen LogP contribution in [0.25, 0.3) is 6.08 Å². The van der Waals surface area contributed by atoms with Gasteiger partial charge in [-0.25, -0.2) is 0 Å². The van der Waals surface area contributed by atoms with E-state index in [4.69, 9.17) is 9.47 Å². The third-order valence-electron chi connectivity index (χ3n) is 6.33. The number of hydrogen-bond acceptors (Lipinski definition) is 5. The maximum Gasteiger partial charge on any atom is 0.290 e. The number of carbonyl (C=O) groups is 2. The zero-order valence-corrected chi connectivity index (χ0v) is 21.8. The highest BCUT2D eigenvalue weighted by Crippen LogP contribution is 2.41. The second kappa shape index (κ2) is 12.8. The molecule has 3 aromatic rings. The van der Waals surface area contributed by atoms with E-state index in [-0.39, 0.29) is 5.57 Å². The molecule has 1 N–H and O–H groups in total. The molecule has 1 atom stereocenters. The number of ether oxygens (including phenoxy) is 2. The van der Waals surface area contributed by atoms with E-state index in [1.165, 1.54) is 6.08 Å². The quantitative estimate of drug-likeness (QED) is 0.298. The largest absolute Gasteiger partial charge is 0.503 e. The molecule has 1 aliphatic heterocycles. The van der Waals surface area contributed by atoms with Crippen molar-refractivity contribution in [1.29, 1.82) is 0 Å². The normalized spacial score (nSPS) is 15.4. The maximum atomic E-state index is 13.5. The second-order valence-electron chi connectivity index (χ2n) is 8.99. The number of aliphatic hydroxyl groups excluding tert-OH is 1. The lowest BCUT2D eigenvalue weighted by Crippen LogP contribution is -2.33. The fraction of sp³-hybridized carbons (Fsp3) is 0.250. The lowest BCUT2D eigenvalue weighted by Gasteiger charge is -2.27. The molecule has 0 saturated carbocycles. The summed E-state index contributed by atoms with van der Waals surface area (Å²) in [5, 5.41) is 10.9. The Bertz CT molecular complexity index is 1310. The zero-order chi connectivity index (χ0) is 26.9. The Hall–Kier alpha value is -4.32. The van der Waals surface area contributed by atoms with Crippen LogP contribution in [-0.2, 0) is 16.0 Å². The van der Waals surface area contributed by atoms with Gasteiger partial charge >= 0.3 is 0 Å². The zero-order valence-electron chi connectivity index (χ0n) is 21.8. The molecule has 0 fully saturated rings. The second-order valence-corrected chi connectivity index (χ2v) is 8.99. The molecule has 0 aliphatic carbocycles. The molecule has 1 heterocycles. The molecule has 0 aromatic heterocycles. The van der Waals surface area contributed by atoms with Gasteiger partial charge in [0.25, 0.3) is 5.91 Å². The van der Waals surface area contributed by atoms with Crippen molar-refractivity contribution in [2.45, 2.75) is 32.7 Å². The van der Waals surface area contributed by atoms with E-state index in [1.807, 2.05) is 80.6 Å². The Morgan fingerprint density at radius 3 is 2.34 bits per heavy atom. The van der Waals surface area contributed by atoms with Gasteiger partial charge in [-0.3, -0.25) is 9.59 Å². The van der Waals surface area contributed by atoms with Crippen molar-refractivity contribution >= 4 is 17.8 Å².